The maximum absolute atomic E-state index is 12.4. The van der Waals surface area contributed by atoms with Gasteiger partial charge in [-0.05, 0) is 24.5 Å². The molecule has 0 radical (unpaired) electrons. The second-order valence-electron chi connectivity index (χ2n) is 7.30. The third-order valence-corrected chi connectivity index (χ3v) is 4.73. The highest BCUT2D eigenvalue weighted by Crippen LogP contribution is 2.21. The Labute approximate surface area is 164 Å². The Morgan fingerprint density at radius 3 is 2.93 bits per heavy atom. The molecule has 0 unspecified atom stereocenters. The van der Waals surface area contributed by atoms with Gasteiger partial charge in [0, 0.05) is 25.4 Å². The summed E-state index contributed by atoms with van der Waals surface area (Å²) >= 11 is 0. The molecule has 1 saturated heterocycles. The van der Waals surface area contributed by atoms with Gasteiger partial charge in [0.2, 0.25) is 5.91 Å². The summed E-state index contributed by atoms with van der Waals surface area (Å²) in [6, 6.07) is 5.12. The second kappa shape index (κ2) is 8.86. The highest BCUT2D eigenvalue weighted by atomic mass is 16.5. The Bertz CT molecular complexity index is 816. The number of aryl methyl sites for hydroxylation is 1. The van der Waals surface area contributed by atoms with Crippen molar-refractivity contribution in [1.82, 2.24) is 20.8 Å². The smallest absolute Gasteiger partial charge is 0.253 e. The topological polar surface area (TPSA) is 100 Å². The van der Waals surface area contributed by atoms with Crippen LogP contribution >= 0.6 is 0 Å². The van der Waals surface area contributed by atoms with Crippen molar-refractivity contribution in [2.45, 2.75) is 46.2 Å². The number of piperazine rings is 1. The van der Waals surface area contributed by atoms with E-state index in [1.54, 1.807) is 12.1 Å². The van der Waals surface area contributed by atoms with Crippen LogP contribution in [0.15, 0.2) is 28.9 Å². The molecule has 1 atom stereocenters. The lowest BCUT2D eigenvalue weighted by Gasteiger charge is -2.38. The molecule has 3 rings (SSSR count). The largest absolute Gasteiger partial charge is 0.359 e. The molecule has 0 aromatic carbocycles. The van der Waals surface area contributed by atoms with Crippen LogP contribution in [0.4, 0.5) is 5.82 Å². The van der Waals surface area contributed by atoms with Gasteiger partial charge in [-0.2, -0.15) is 0 Å². The maximum atomic E-state index is 12.4. The van der Waals surface area contributed by atoms with Gasteiger partial charge in [-0.15, -0.1) is 0 Å². The van der Waals surface area contributed by atoms with Crippen molar-refractivity contribution >= 4 is 17.6 Å². The molecular formula is C20H27N5O3. The zero-order valence-corrected chi connectivity index (χ0v) is 16.6. The van der Waals surface area contributed by atoms with Gasteiger partial charge in [0.15, 0.2) is 5.76 Å². The first-order chi connectivity index (χ1) is 13.5. The molecule has 8 nitrogen and oxygen atoms in total. The Balaban J connectivity index is 1.62. The molecule has 2 aromatic rings. The van der Waals surface area contributed by atoms with E-state index in [-0.39, 0.29) is 30.3 Å². The molecule has 1 fully saturated rings. The highest BCUT2D eigenvalue weighted by Gasteiger charge is 2.32. The number of amides is 2. The Morgan fingerprint density at radius 1 is 1.43 bits per heavy atom. The zero-order valence-electron chi connectivity index (χ0n) is 16.6. The lowest BCUT2D eigenvalue weighted by molar-refractivity contribution is -0.124. The fraction of sp³-hybridized carbons (Fsp3) is 0.500. The molecule has 0 aliphatic carbocycles. The summed E-state index contributed by atoms with van der Waals surface area (Å²) in [7, 11) is 0. The SMILES string of the molecule is CCCc1cc(CNC(=O)c2ccc(N3CCNC(=O)[C@H]3C(C)C)nc2)on1. The summed E-state index contributed by atoms with van der Waals surface area (Å²) in [4.78, 5) is 31.0. The summed E-state index contributed by atoms with van der Waals surface area (Å²) in [6.45, 7) is 7.66. The maximum Gasteiger partial charge on any atom is 0.253 e. The fourth-order valence-electron chi connectivity index (χ4n) is 3.38. The van der Waals surface area contributed by atoms with E-state index in [9.17, 15) is 9.59 Å². The molecule has 2 amide bonds. The van der Waals surface area contributed by atoms with Crippen LogP contribution in [-0.2, 0) is 17.8 Å². The minimum Gasteiger partial charge on any atom is -0.359 e. The van der Waals surface area contributed by atoms with Gasteiger partial charge >= 0.3 is 0 Å². The number of carbonyl (C=O) groups excluding carboxylic acids is 2. The molecule has 28 heavy (non-hydrogen) atoms. The molecule has 150 valence electrons. The van der Waals surface area contributed by atoms with E-state index in [0.29, 0.717) is 30.2 Å². The summed E-state index contributed by atoms with van der Waals surface area (Å²) < 4.78 is 5.22. The van der Waals surface area contributed by atoms with Crippen molar-refractivity contribution in [2.24, 2.45) is 5.92 Å². The van der Waals surface area contributed by atoms with E-state index in [1.807, 2.05) is 24.8 Å². The Morgan fingerprint density at radius 2 is 2.25 bits per heavy atom. The number of hydrogen-bond acceptors (Lipinski definition) is 6. The number of hydrogen-bond donors (Lipinski definition) is 2. The number of pyridine rings is 1. The summed E-state index contributed by atoms with van der Waals surface area (Å²) in [5.74, 6) is 1.26. The van der Waals surface area contributed by atoms with Crippen LogP contribution in [0, 0.1) is 5.92 Å². The first kappa shape index (κ1) is 19.9. The first-order valence-electron chi connectivity index (χ1n) is 9.72. The van der Waals surface area contributed by atoms with E-state index in [0.717, 1.165) is 18.5 Å². The average Bonchev–Trinajstić information content (AvgIpc) is 3.13. The molecule has 0 bridgehead atoms. The molecular weight excluding hydrogens is 358 g/mol. The van der Waals surface area contributed by atoms with Gasteiger partial charge in [0.1, 0.15) is 11.9 Å². The van der Waals surface area contributed by atoms with Crippen LogP contribution in [0.3, 0.4) is 0 Å². The second-order valence-corrected chi connectivity index (χ2v) is 7.30. The van der Waals surface area contributed by atoms with E-state index in [2.05, 4.69) is 27.7 Å². The number of carbonyl (C=O) groups is 2. The number of anilines is 1. The standard InChI is InChI=1S/C20H27N5O3/c1-4-5-15-10-16(28-24-15)12-23-19(26)14-6-7-17(22-11-14)25-9-8-21-20(27)18(25)13(2)3/h6-7,10-11,13,18H,4-5,8-9,12H2,1-3H3,(H,21,27)(H,23,26)/t18-/m1/s1. The normalized spacial score (nSPS) is 16.9. The van der Waals surface area contributed by atoms with Crippen LogP contribution in [0.25, 0.3) is 0 Å². The number of nitrogens with one attached hydrogen (secondary N) is 2. The van der Waals surface area contributed by atoms with Crippen LogP contribution in [0.2, 0.25) is 0 Å². The van der Waals surface area contributed by atoms with Crippen molar-refractivity contribution < 1.29 is 14.1 Å². The van der Waals surface area contributed by atoms with Crippen molar-refractivity contribution in [1.29, 1.82) is 0 Å². The van der Waals surface area contributed by atoms with E-state index in [4.69, 9.17) is 4.52 Å². The molecule has 1 aliphatic heterocycles. The lowest BCUT2D eigenvalue weighted by atomic mass is 9.99. The van der Waals surface area contributed by atoms with Crippen molar-refractivity contribution in [2.75, 3.05) is 18.0 Å². The quantitative estimate of drug-likeness (QED) is 0.755. The summed E-state index contributed by atoms with van der Waals surface area (Å²) in [6.07, 6.45) is 3.39. The van der Waals surface area contributed by atoms with Gasteiger partial charge in [0.25, 0.3) is 5.91 Å². The number of rotatable bonds is 7. The minimum absolute atomic E-state index is 0.0133. The fourth-order valence-corrected chi connectivity index (χ4v) is 3.38. The van der Waals surface area contributed by atoms with Crippen LogP contribution in [0.1, 0.15) is 49.0 Å². The molecule has 0 spiro atoms. The molecule has 8 heteroatoms. The first-order valence-corrected chi connectivity index (χ1v) is 9.72. The Kier molecular flexibility index (Phi) is 6.28. The molecule has 1 aliphatic rings. The van der Waals surface area contributed by atoms with Gasteiger partial charge in [-0.3, -0.25) is 9.59 Å². The van der Waals surface area contributed by atoms with E-state index >= 15 is 0 Å². The van der Waals surface area contributed by atoms with Gasteiger partial charge in [-0.1, -0.05) is 32.3 Å². The van der Waals surface area contributed by atoms with E-state index < -0.39 is 0 Å². The van der Waals surface area contributed by atoms with Gasteiger partial charge < -0.3 is 20.1 Å². The van der Waals surface area contributed by atoms with E-state index in [1.165, 1.54) is 6.20 Å². The van der Waals surface area contributed by atoms with Crippen LogP contribution < -0.4 is 15.5 Å². The van der Waals surface area contributed by atoms with Crippen molar-refractivity contribution in [3.8, 4) is 0 Å². The Hall–Kier alpha value is -2.90. The third kappa shape index (κ3) is 4.49. The van der Waals surface area contributed by atoms with Crippen molar-refractivity contribution in [3.63, 3.8) is 0 Å². The predicted octanol–water partition coefficient (Wildman–Crippen LogP) is 1.91. The van der Waals surface area contributed by atoms with Crippen molar-refractivity contribution in [3.05, 3.63) is 41.4 Å². The molecule has 0 saturated carbocycles. The molecule has 2 aromatic heterocycles. The summed E-state index contributed by atoms with van der Waals surface area (Å²) in [5.41, 5.74) is 1.35. The zero-order chi connectivity index (χ0) is 20.1. The van der Waals surface area contributed by atoms with Gasteiger partial charge in [-0.25, -0.2) is 4.98 Å². The minimum atomic E-state index is -0.260. The third-order valence-electron chi connectivity index (χ3n) is 4.73. The molecule has 2 N–H and O–H groups in total. The number of aromatic nitrogens is 2. The molecule has 3 heterocycles. The number of nitrogens with zero attached hydrogens (tertiary/aromatic N) is 3. The van der Waals surface area contributed by atoms with Crippen LogP contribution in [0.5, 0.6) is 0 Å². The lowest BCUT2D eigenvalue weighted by Crippen LogP contribution is -2.57. The van der Waals surface area contributed by atoms with Gasteiger partial charge in [0.05, 0.1) is 17.8 Å². The van der Waals surface area contributed by atoms with Crippen LogP contribution in [-0.4, -0.2) is 41.1 Å². The predicted molar refractivity (Wildman–Crippen MR) is 105 cm³/mol. The summed E-state index contributed by atoms with van der Waals surface area (Å²) in [5, 5.41) is 9.68. The monoisotopic (exact) mass is 385 g/mol. The highest BCUT2D eigenvalue weighted by molar-refractivity contribution is 5.94. The average molecular weight is 385 g/mol.